The predicted octanol–water partition coefficient (Wildman–Crippen LogP) is 2.05. The molecule has 0 saturated heterocycles. The van der Waals surface area contributed by atoms with Gasteiger partial charge in [-0.05, 0) is 23.3 Å². The third-order valence-corrected chi connectivity index (χ3v) is 3.38. The van der Waals surface area contributed by atoms with Crippen LogP contribution in [0, 0.1) is 0 Å². The molecule has 0 saturated carbocycles. The van der Waals surface area contributed by atoms with E-state index in [0.717, 1.165) is 5.56 Å². The third-order valence-electron chi connectivity index (χ3n) is 3.38. The number of hydrogen-bond acceptors (Lipinski definition) is 4. The Balaban J connectivity index is 2.10. The highest BCUT2D eigenvalue weighted by Crippen LogP contribution is 2.19. The van der Waals surface area contributed by atoms with Gasteiger partial charge >= 0.3 is 11.9 Å². The second-order valence-corrected chi connectivity index (χ2v) is 5.01. The number of benzene rings is 2. The van der Waals surface area contributed by atoms with Crippen LogP contribution in [0.5, 0.6) is 0 Å². The van der Waals surface area contributed by atoms with Gasteiger partial charge in [0.25, 0.3) is 0 Å². The van der Waals surface area contributed by atoms with Crippen molar-refractivity contribution in [2.45, 2.75) is 18.8 Å². The van der Waals surface area contributed by atoms with E-state index >= 15 is 0 Å². The Bertz CT molecular complexity index is 669. The molecule has 23 heavy (non-hydrogen) atoms. The molecule has 2 atom stereocenters. The molecule has 2 aromatic carbocycles. The minimum Gasteiger partial charge on any atom is -0.479 e. The summed E-state index contributed by atoms with van der Waals surface area (Å²) in [4.78, 5) is 22.2. The Labute approximate surface area is 133 Å². The fourth-order valence-electron chi connectivity index (χ4n) is 2.11. The van der Waals surface area contributed by atoms with E-state index in [-0.39, 0.29) is 12.2 Å². The molecule has 2 aromatic rings. The van der Waals surface area contributed by atoms with E-state index in [1.807, 2.05) is 30.3 Å². The Hall–Kier alpha value is -2.70. The summed E-state index contributed by atoms with van der Waals surface area (Å²) >= 11 is 0. The number of nitrogens with two attached hydrogens (primary N) is 1. The lowest BCUT2D eigenvalue weighted by atomic mass is 10.0. The number of hydrogen-bond donors (Lipinski definition) is 3. The minimum absolute atomic E-state index is 0.109. The number of aromatic carboxylic acids is 1. The maximum atomic E-state index is 11.4. The van der Waals surface area contributed by atoms with Gasteiger partial charge in [-0.1, -0.05) is 42.5 Å². The van der Waals surface area contributed by atoms with Gasteiger partial charge in [-0.25, -0.2) is 9.59 Å². The summed E-state index contributed by atoms with van der Waals surface area (Å²) in [6.45, 7) is 0.124. The zero-order valence-electron chi connectivity index (χ0n) is 12.3. The van der Waals surface area contributed by atoms with Crippen LogP contribution in [0.1, 0.15) is 27.5 Å². The zero-order valence-corrected chi connectivity index (χ0v) is 12.3. The van der Waals surface area contributed by atoms with Gasteiger partial charge in [0, 0.05) is 0 Å². The molecular formula is C17H17NO5. The van der Waals surface area contributed by atoms with Crippen LogP contribution in [0.25, 0.3) is 0 Å². The van der Waals surface area contributed by atoms with E-state index < -0.39 is 24.1 Å². The maximum Gasteiger partial charge on any atom is 0.335 e. The van der Waals surface area contributed by atoms with Crippen LogP contribution in [0.3, 0.4) is 0 Å². The van der Waals surface area contributed by atoms with Gasteiger partial charge in [0.15, 0.2) is 6.10 Å². The lowest BCUT2D eigenvalue weighted by molar-refractivity contribution is -0.152. The smallest absolute Gasteiger partial charge is 0.335 e. The summed E-state index contributed by atoms with van der Waals surface area (Å²) in [6.07, 6.45) is -1.23. The SMILES string of the molecule is NC(c1ccc(C(=O)O)cc1)C(OCc1ccccc1)C(=O)O. The largest absolute Gasteiger partial charge is 0.479 e. The van der Waals surface area contributed by atoms with Crippen molar-refractivity contribution in [1.82, 2.24) is 0 Å². The van der Waals surface area contributed by atoms with Gasteiger partial charge in [0.05, 0.1) is 18.2 Å². The van der Waals surface area contributed by atoms with Gasteiger partial charge in [-0.2, -0.15) is 0 Å². The predicted molar refractivity (Wildman–Crippen MR) is 83.0 cm³/mol. The molecule has 0 aliphatic heterocycles. The third kappa shape index (κ3) is 4.38. The first kappa shape index (κ1) is 16.7. The summed E-state index contributed by atoms with van der Waals surface area (Å²) in [5.74, 6) is -2.23. The lowest BCUT2D eigenvalue weighted by Gasteiger charge is -2.21. The van der Waals surface area contributed by atoms with Gasteiger partial charge in [0.2, 0.25) is 0 Å². The van der Waals surface area contributed by atoms with Gasteiger partial charge in [0.1, 0.15) is 0 Å². The van der Waals surface area contributed by atoms with Crippen molar-refractivity contribution in [3.63, 3.8) is 0 Å². The number of carbonyl (C=O) groups is 2. The van der Waals surface area contributed by atoms with Crippen molar-refractivity contribution in [3.8, 4) is 0 Å². The average molecular weight is 315 g/mol. The summed E-state index contributed by atoms with van der Waals surface area (Å²) in [7, 11) is 0. The Morgan fingerprint density at radius 3 is 2.13 bits per heavy atom. The van der Waals surface area contributed by atoms with E-state index in [1.165, 1.54) is 24.3 Å². The van der Waals surface area contributed by atoms with E-state index in [2.05, 4.69) is 0 Å². The molecular weight excluding hydrogens is 298 g/mol. The molecule has 0 aromatic heterocycles. The first-order valence-corrected chi connectivity index (χ1v) is 6.96. The van der Waals surface area contributed by atoms with Crippen LogP contribution in [-0.2, 0) is 16.1 Å². The highest BCUT2D eigenvalue weighted by atomic mass is 16.5. The van der Waals surface area contributed by atoms with Crippen molar-refractivity contribution in [2.75, 3.05) is 0 Å². The average Bonchev–Trinajstić information content (AvgIpc) is 2.55. The molecule has 120 valence electrons. The topological polar surface area (TPSA) is 110 Å². The molecule has 0 aliphatic carbocycles. The van der Waals surface area contributed by atoms with Gasteiger partial charge in [-0.15, -0.1) is 0 Å². The highest BCUT2D eigenvalue weighted by Gasteiger charge is 2.27. The molecule has 0 bridgehead atoms. The van der Waals surface area contributed by atoms with E-state index in [1.54, 1.807) is 0 Å². The highest BCUT2D eigenvalue weighted by molar-refractivity contribution is 5.87. The molecule has 2 unspecified atom stereocenters. The fourth-order valence-corrected chi connectivity index (χ4v) is 2.11. The summed E-state index contributed by atoms with van der Waals surface area (Å²) in [6, 6.07) is 14.0. The molecule has 4 N–H and O–H groups in total. The molecule has 0 aliphatic rings. The fraction of sp³-hybridized carbons (Fsp3) is 0.176. The molecule has 0 heterocycles. The maximum absolute atomic E-state index is 11.4. The van der Waals surface area contributed by atoms with Crippen molar-refractivity contribution in [2.24, 2.45) is 5.73 Å². The minimum atomic E-state index is -1.23. The number of rotatable bonds is 7. The first-order valence-electron chi connectivity index (χ1n) is 6.96. The monoisotopic (exact) mass is 315 g/mol. The Morgan fingerprint density at radius 2 is 1.61 bits per heavy atom. The second-order valence-electron chi connectivity index (χ2n) is 5.01. The molecule has 0 spiro atoms. The van der Waals surface area contributed by atoms with Crippen LogP contribution < -0.4 is 5.73 Å². The second kappa shape index (κ2) is 7.53. The normalized spacial score (nSPS) is 13.3. The van der Waals surface area contributed by atoms with Crippen LogP contribution in [0.15, 0.2) is 54.6 Å². The van der Waals surface area contributed by atoms with Crippen LogP contribution in [-0.4, -0.2) is 28.3 Å². The van der Waals surface area contributed by atoms with Crippen LogP contribution >= 0.6 is 0 Å². The molecule has 6 heteroatoms. The molecule has 2 rings (SSSR count). The number of carboxylic acids is 2. The van der Waals surface area contributed by atoms with E-state index in [4.69, 9.17) is 15.6 Å². The standard InChI is InChI=1S/C17H17NO5/c18-14(12-6-8-13(9-7-12)16(19)20)15(17(21)22)23-10-11-4-2-1-3-5-11/h1-9,14-15H,10,18H2,(H,19,20)(H,21,22). The quantitative estimate of drug-likeness (QED) is 0.721. The van der Waals surface area contributed by atoms with Crippen LogP contribution in [0.2, 0.25) is 0 Å². The summed E-state index contributed by atoms with van der Waals surface area (Å²) in [5.41, 5.74) is 7.42. The molecule has 0 radical (unpaired) electrons. The number of carboxylic acid groups (broad SMARTS) is 2. The zero-order chi connectivity index (χ0) is 16.8. The van der Waals surface area contributed by atoms with Crippen LogP contribution in [0.4, 0.5) is 0 Å². The molecule has 0 amide bonds. The van der Waals surface area contributed by atoms with Crippen molar-refractivity contribution >= 4 is 11.9 Å². The number of ether oxygens (including phenoxy) is 1. The van der Waals surface area contributed by atoms with Gasteiger partial charge in [-0.3, -0.25) is 0 Å². The van der Waals surface area contributed by atoms with Crippen molar-refractivity contribution < 1.29 is 24.5 Å². The van der Waals surface area contributed by atoms with Crippen molar-refractivity contribution in [1.29, 1.82) is 0 Å². The molecule has 0 fully saturated rings. The summed E-state index contributed by atoms with van der Waals surface area (Å²) < 4.78 is 5.44. The Kier molecular flexibility index (Phi) is 5.46. The Morgan fingerprint density at radius 1 is 1.00 bits per heavy atom. The van der Waals surface area contributed by atoms with Crippen molar-refractivity contribution in [3.05, 3.63) is 71.3 Å². The summed E-state index contributed by atoms with van der Waals surface area (Å²) in [5, 5.41) is 18.2. The van der Waals surface area contributed by atoms with E-state index in [9.17, 15) is 14.7 Å². The lowest BCUT2D eigenvalue weighted by Crippen LogP contribution is -2.35. The van der Waals surface area contributed by atoms with E-state index in [0.29, 0.717) is 5.56 Å². The van der Waals surface area contributed by atoms with Gasteiger partial charge < -0.3 is 20.7 Å². The number of aliphatic carboxylic acids is 1. The first-order chi connectivity index (χ1) is 11.0. The molecule has 6 nitrogen and oxygen atoms in total.